The molecule has 4 nitrogen and oxygen atoms in total. The van der Waals surface area contributed by atoms with Crippen LogP contribution in [0.2, 0.25) is 0 Å². The lowest BCUT2D eigenvalue weighted by Gasteiger charge is -2.20. The lowest BCUT2D eigenvalue weighted by molar-refractivity contribution is -0.121. The molecule has 84 valence electrons. The Bertz CT molecular complexity index is 298. The number of H-pyrrole nitrogens is 1. The fourth-order valence-electron chi connectivity index (χ4n) is 1.25. The maximum absolute atomic E-state index is 11.4. The van der Waals surface area contributed by atoms with E-state index in [-0.39, 0.29) is 11.4 Å². The zero-order valence-corrected chi connectivity index (χ0v) is 9.55. The fraction of sp³-hybridized carbons (Fsp3) is 0.545. The summed E-state index contributed by atoms with van der Waals surface area (Å²) in [5, 5.41) is 5.97. The van der Waals surface area contributed by atoms with Crippen LogP contribution in [0.3, 0.4) is 0 Å². The normalized spacial score (nSPS) is 11.4. The van der Waals surface area contributed by atoms with Gasteiger partial charge in [0, 0.05) is 24.5 Å². The molecule has 1 heterocycles. The topological polar surface area (TPSA) is 56.9 Å². The van der Waals surface area contributed by atoms with Crippen molar-refractivity contribution in [2.45, 2.75) is 32.9 Å². The number of rotatable bonds is 4. The molecule has 0 saturated heterocycles. The van der Waals surface area contributed by atoms with E-state index in [4.69, 9.17) is 0 Å². The molecule has 1 aromatic heterocycles. The van der Waals surface area contributed by atoms with Gasteiger partial charge < -0.3 is 15.6 Å². The average Bonchev–Trinajstić information content (AvgIpc) is 2.53. The van der Waals surface area contributed by atoms with Gasteiger partial charge in [0.1, 0.15) is 0 Å². The molecule has 3 N–H and O–H groups in total. The molecule has 0 aromatic carbocycles. The fourth-order valence-corrected chi connectivity index (χ4v) is 1.25. The zero-order valence-electron chi connectivity index (χ0n) is 9.55. The summed E-state index contributed by atoms with van der Waals surface area (Å²) < 4.78 is 0. The molecule has 0 aliphatic heterocycles. The number of hydrogen-bond donors (Lipinski definition) is 3. The van der Waals surface area contributed by atoms with E-state index in [1.807, 2.05) is 39.2 Å². The van der Waals surface area contributed by atoms with Gasteiger partial charge >= 0.3 is 0 Å². The smallest absolute Gasteiger partial charge is 0.234 e. The van der Waals surface area contributed by atoms with Crippen LogP contribution in [0.25, 0.3) is 0 Å². The van der Waals surface area contributed by atoms with E-state index in [1.54, 1.807) is 0 Å². The van der Waals surface area contributed by atoms with E-state index in [2.05, 4.69) is 15.6 Å². The average molecular weight is 209 g/mol. The second-order valence-corrected chi connectivity index (χ2v) is 4.62. The van der Waals surface area contributed by atoms with Crippen LogP contribution < -0.4 is 10.6 Å². The molecule has 1 amide bonds. The Morgan fingerprint density at radius 1 is 1.47 bits per heavy atom. The third-order valence-corrected chi connectivity index (χ3v) is 1.79. The summed E-state index contributed by atoms with van der Waals surface area (Å²) in [7, 11) is 0. The van der Waals surface area contributed by atoms with E-state index < -0.39 is 0 Å². The molecule has 0 atom stereocenters. The van der Waals surface area contributed by atoms with Gasteiger partial charge in [0.05, 0.1) is 6.54 Å². The van der Waals surface area contributed by atoms with Crippen molar-refractivity contribution < 1.29 is 4.79 Å². The van der Waals surface area contributed by atoms with Gasteiger partial charge in [-0.3, -0.25) is 4.79 Å². The van der Waals surface area contributed by atoms with E-state index in [1.165, 1.54) is 0 Å². The number of carbonyl (C=O) groups excluding carboxylic acids is 1. The summed E-state index contributed by atoms with van der Waals surface area (Å²) in [6.45, 7) is 6.97. The summed E-state index contributed by atoms with van der Waals surface area (Å²) in [4.78, 5) is 14.4. The van der Waals surface area contributed by atoms with E-state index in [0.717, 1.165) is 5.56 Å². The lowest BCUT2D eigenvalue weighted by atomic mass is 10.1. The van der Waals surface area contributed by atoms with Gasteiger partial charge in [-0.1, -0.05) is 0 Å². The van der Waals surface area contributed by atoms with Crippen molar-refractivity contribution in [3.8, 4) is 0 Å². The van der Waals surface area contributed by atoms with E-state index in [9.17, 15) is 4.79 Å². The van der Waals surface area contributed by atoms with Crippen molar-refractivity contribution >= 4 is 5.91 Å². The minimum Gasteiger partial charge on any atom is -0.367 e. The number of carbonyl (C=O) groups is 1. The number of nitrogens with one attached hydrogen (secondary N) is 3. The maximum atomic E-state index is 11.4. The third kappa shape index (κ3) is 5.22. The third-order valence-electron chi connectivity index (χ3n) is 1.79. The van der Waals surface area contributed by atoms with Crippen molar-refractivity contribution in [2.75, 3.05) is 6.54 Å². The SMILES string of the molecule is CC(C)(C)NC(=O)CNCc1cc[nH]c1. The molecule has 15 heavy (non-hydrogen) atoms. The van der Waals surface area contributed by atoms with Crippen LogP contribution in [0.1, 0.15) is 26.3 Å². The molecule has 0 aliphatic rings. The van der Waals surface area contributed by atoms with Crippen molar-refractivity contribution in [1.29, 1.82) is 0 Å². The molecule has 0 fully saturated rings. The van der Waals surface area contributed by atoms with Gasteiger partial charge in [-0.25, -0.2) is 0 Å². The minimum absolute atomic E-state index is 0.0260. The molecular weight excluding hydrogens is 190 g/mol. The maximum Gasteiger partial charge on any atom is 0.234 e. The van der Waals surface area contributed by atoms with Crippen LogP contribution in [0.4, 0.5) is 0 Å². The summed E-state index contributed by atoms with van der Waals surface area (Å²) >= 11 is 0. The molecule has 0 saturated carbocycles. The van der Waals surface area contributed by atoms with Crippen molar-refractivity contribution in [3.63, 3.8) is 0 Å². The quantitative estimate of drug-likeness (QED) is 0.693. The Hall–Kier alpha value is -1.29. The monoisotopic (exact) mass is 209 g/mol. The second kappa shape index (κ2) is 4.98. The van der Waals surface area contributed by atoms with Gasteiger partial charge in [-0.15, -0.1) is 0 Å². The van der Waals surface area contributed by atoms with Crippen LogP contribution in [-0.2, 0) is 11.3 Å². The number of aromatic nitrogens is 1. The predicted molar refractivity (Wildman–Crippen MR) is 60.4 cm³/mol. The summed E-state index contributed by atoms with van der Waals surface area (Å²) in [6, 6.07) is 1.98. The molecule has 0 aliphatic carbocycles. The van der Waals surface area contributed by atoms with Crippen LogP contribution >= 0.6 is 0 Å². The minimum atomic E-state index is -0.160. The Labute approximate surface area is 90.5 Å². The molecule has 0 spiro atoms. The summed E-state index contributed by atoms with van der Waals surface area (Å²) in [5.74, 6) is 0.0260. The molecule has 1 rings (SSSR count). The van der Waals surface area contributed by atoms with E-state index >= 15 is 0 Å². The highest BCUT2D eigenvalue weighted by molar-refractivity contribution is 5.78. The van der Waals surface area contributed by atoms with Crippen molar-refractivity contribution in [1.82, 2.24) is 15.6 Å². The lowest BCUT2D eigenvalue weighted by Crippen LogP contribution is -2.44. The Kier molecular flexibility index (Phi) is 3.91. The van der Waals surface area contributed by atoms with Gasteiger partial charge in [0.15, 0.2) is 0 Å². The molecular formula is C11H19N3O. The first-order chi connectivity index (χ1) is 6.97. The van der Waals surface area contributed by atoms with Crippen LogP contribution in [0.5, 0.6) is 0 Å². The van der Waals surface area contributed by atoms with Gasteiger partial charge in [-0.05, 0) is 32.4 Å². The highest BCUT2D eigenvalue weighted by Gasteiger charge is 2.12. The first-order valence-electron chi connectivity index (χ1n) is 5.11. The zero-order chi connectivity index (χ0) is 11.3. The van der Waals surface area contributed by atoms with Crippen LogP contribution in [0, 0.1) is 0 Å². The molecule has 0 bridgehead atoms. The molecule has 4 heteroatoms. The van der Waals surface area contributed by atoms with Crippen LogP contribution in [0.15, 0.2) is 18.5 Å². The molecule has 0 unspecified atom stereocenters. The predicted octanol–water partition coefficient (Wildman–Crippen LogP) is 1.02. The highest BCUT2D eigenvalue weighted by Crippen LogP contribution is 1.98. The first kappa shape index (κ1) is 11.8. The second-order valence-electron chi connectivity index (χ2n) is 4.62. The Morgan fingerprint density at radius 3 is 2.73 bits per heavy atom. The number of amides is 1. The van der Waals surface area contributed by atoms with Gasteiger partial charge in [0.25, 0.3) is 0 Å². The van der Waals surface area contributed by atoms with E-state index in [0.29, 0.717) is 13.1 Å². The van der Waals surface area contributed by atoms with Gasteiger partial charge in [0.2, 0.25) is 5.91 Å². The number of aromatic amines is 1. The first-order valence-corrected chi connectivity index (χ1v) is 5.11. The van der Waals surface area contributed by atoms with Crippen molar-refractivity contribution in [3.05, 3.63) is 24.0 Å². The molecule has 0 radical (unpaired) electrons. The Morgan fingerprint density at radius 2 is 2.20 bits per heavy atom. The van der Waals surface area contributed by atoms with Crippen molar-refractivity contribution in [2.24, 2.45) is 0 Å². The Balaban J connectivity index is 2.18. The van der Waals surface area contributed by atoms with Crippen LogP contribution in [-0.4, -0.2) is 23.0 Å². The summed E-state index contributed by atoms with van der Waals surface area (Å²) in [5.41, 5.74) is 0.992. The molecule has 1 aromatic rings. The largest absolute Gasteiger partial charge is 0.367 e. The standard InChI is InChI=1S/C11H19N3O/c1-11(2,3)14-10(15)8-13-7-9-4-5-12-6-9/h4-6,12-13H,7-8H2,1-3H3,(H,14,15). The number of hydrogen-bond acceptors (Lipinski definition) is 2. The summed E-state index contributed by atoms with van der Waals surface area (Å²) in [6.07, 6.45) is 3.78. The van der Waals surface area contributed by atoms with Gasteiger partial charge in [-0.2, -0.15) is 0 Å². The highest BCUT2D eigenvalue weighted by atomic mass is 16.2.